The third-order valence-electron chi connectivity index (χ3n) is 2.84. The van der Waals surface area contributed by atoms with Crippen molar-refractivity contribution in [1.82, 2.24) is 5.32 Å². The molecule has 0 aromatic heterocycles. The van der Waals surface area contributed by atoms with Crippen LogP contribution in [0.2, 0.25) is 0 Å². The number of nitrogens with one attached hydrogen (secondary N) is 1. The summed E-state index contributed by atoms with van der Waals surface area (Å²) in [5.74, 6) is 0.984. The summed E-state index contributed by atoms with van der Waals surface area (Å²) >= 11 is 0. The van der Waals surface area contributed by atoms with Crippen LogP contribution in [0.5, 0.6) is 0 Å². The molecule has 0 atom stereocenters. The zero-order valence-electron chi connectivity index (χ0n) is 8.60. The van der Waals surface area contributed by atoms with Crippen LogP contribution in [0.15, 0.2) is 0 Å². The SMILES string of the molecule is CCCCCCNC1CC(C)C1. The first kappa shape index (κ1) is 10.0. The Balaban J connectivity index is 1.77. The third kappa shape index (κ3) is 3.57. The molecule has 0 aliphatic heterocycles. The quantitative estimate of drug-likeness (QED) is 0.603. The number of unbranched alkanes of at least 4 members (excludes halogenated alkanes) is 3. The van der Waals surface area contributed by atoms with Gasteiger partial charge in [0.1, 0.15) is 0 Å². The van der Waals surface area contributed by atoms with E-state index in [1.807, 2.05) is 0 Å². The molecule has 0 saturated heterocycles. The molecule has 1 heteroatoms. The van der Waals surface area contributed by atoms with Crippen molar-refractivity contribution in [2.24, 2.45) is 5.92 Å². The Kier molecular flexibility index (Phi) is 4.67. The Bertz CT molecular complexity index is 106. The fourth-order valence-electron chi connectivity index (χ4n) is 1.93. The zero-order chi connectivity index (χ0) is 8.81. The van der Waals surface area contributed by atoms with E-state index in [-0.39, 0.29) is 0 Å². The van der Waals surface area contributed by atoms with E-state index in [9.17, 15) is 0 Å². The molecule has 0 aromatic carbocycles. The molecular weight excluding hydrogens is 146 g/mol. The second-order valence-electron chi connectivity index (χ2n) is 4.29. The normalized spacial score (nSPS) is 28.5. The molecule has 1 aliphatic carbocycles. The maximum atomic E-state index is 3.61. The minimum absolute atomic E-state index is 0.863. The van der Waals surface area contributed by atoms with Gasteiger partial charge in [0.15, 0.2) is 0 Å². The van der Waals surface area contributed by atoms with Gasteiger partial charge >= 0.3 is 0 Å². The van der Waals surface area contributed by atoms with Gasteiger partial charge in [0.2, 0.25) is 0 Å². The van der Waals surface area contributed by atoms with Gasteiger partial charge in [-0.25, -0.2) is 0 Å². The predicted octanol–water partition coefficient (Wildman–Crippen LogP) is 2.95. The van der Waals surface area contributed by atoms with Crippen molar-refractivity contribution in [3.8, 4) is 0 Å². The summed E-state index contributed by atoms with van der Waals surface area (Å²) in [6, 6.07) is 0.863. The van der Waals surface area contributed by atoms with Crippen LogP contribution < -0.4 is 5.32 Å². The summed E-state index contributed by atoms with van der Waals surface area (Å²) in [5.41, 5.74) is 0. The van der Waals surface area contributed by atoms with Crippen LogP contribution >= 0.6 is 0 Å². The lowest BCUT2D eigenvalue weighted by atomic mass is 9.82. The molecule has 0 amide bonds. The lowest BCUT2D eigenvalue weighted by molar-refractivity contribution is 0.241. The van der Waals surface area contributed by atoms with E-state index in [1.165, 1.54) is 45.1 Å². The monoisotopic (exact) mass is 169 g/mol. The Morgan fingerprint density at radius 2 is 1.92 bits per heavy atom. The average molecular weight is 169 g/mol. The second-order valence-corrected chi connectivity index (χ2v) is 4.29. The van der Waals surface area contributed by atoms with Gasteiger partial charge in [0, 0.05) is 6.04 Å². The molecule has 1 rings (SSSR count). The molecule has 1 saturated carbocycles. The molecule has 0 bridgehead atoms. The molecule has 0 heterocycles. The third-order valence-corrected chi connectivity index (χ3v) is 2.84. The minimum atomic E-state index is 0.863. The Morgan fingerprint density at radius 1 is 1.17 bits per heavy atom. The van der Waals surface area contributed by atoms with Gasteiger partial charge in [-0.15, -0.1) is 0 Å². The van der Waals surface area contributed by atoms with E-state index in [4.69, 9.17) is 0 Å². The first-order valence-electron chi connectivity index (χ1n) is 5.56. The van der Waals surface area contributed by atoms with Crippen LogP contribution in [0.25, 0.3) is 0 Å². The molecule has 12 heavy (non-hydrogen) atoms. The van der Waals surface area contributed by atoms with Crippen LogP contribution in [0.1, 0.15) is 52.4 Å². The highest BCUT2D eigenvalue weighted by molar-refractivity contribution is 4.81. The van der Waals surface area contributed by atoms with E-state index in [1.54, 1.807) is 0 Å². The van der Waals surface area contributed by atoms with Gasteiger partial charge in [0.05, 0.1) is 0 Å². The van der Waals surface area contributed by atoms with Gasteiger partial charge in [-0.1, -0.05) is 33.1 Å². The minimum Gasteiger partial charge on any atom is -0.314 e. The summed E-state index contributed by atoms with van der Waals surface area (Å²) in [6.45, 7) is 5.85. The fourth-order valence-corrected chi connectivity index (χ4v) is 1.93. The highest BCUT2D eigenvalue weighted by Crippen LogP contribution is 2.25. The van der Waals surface area contributed by atoms with Crippen LogP contribution in [0.4, 0.5) is 0 Å². The first-order valence-corrected chi connectivity index (χ1v) is 5.56. The summed E-state index contributed by atoms with van der Waals surface area (Å²) in [5, 5.41) is 3.61. The van der Waals surface area contributed by atoms with E-state index >= 15 is 0 Å². The number of rotatable bonds is 6. The highest BCUT2D eigenvalue weighted by atomic mass is 14.9. The van der Waals surface area contributed by atoms with Crippen molar-refractivity contribution in [2.75, 3.05) is 6.54 Å². The van der Waals surface area contributed by atoms with Crippen LogP contribution in [0, 0.1) is 5.92 Å². The molecule has 0 spiro atoms. The zero-order valence-corrected chi connectivity index (χ0v) is 8.60. The van der Waals surface area contributed by atoms with E-state index in [2.05, 4.69) is 19.2 Å². The van der Waals surface area contributed by atoms with Gasteiger partial charge in [-0.2, -0.15) is 0 Å². The first-order chi connectivity index (χ1) is 5.83. The lowest BCUT2D eigenvalue weighted by Crippen LogP contribution is -2.40. The summed E-state index contributed by atoms with van der Waals surface area (Å²) < 4.78 is 0. The van der Waals surface area contributed by atoms with Gasteiger partial charge < -0.3 is 5.32 Å². The lowest BCUT2D eigenvalue weighted by Gasteiger charge is -2.33. The highest BCUT2D eigenvalue weighted by Gasteiger charge is 2.23. The molecule has 1 aliphatic rings. The van der Waals surface area contributed by atoms with E-state index in [0.29, 0.717) is 0 Å². The van der Waals surface area contributed by atoms with Crippen LogP contribution in [0.3, 0.4) is 0 Å². The summed E-state index contributed by atoms with van der Waals surface area (Å²) in [6.07, 6.45) is 8.36. The summed E-state index contributed by atoms with van der Waals surface area (Å²) in [7, 11) is 0. The molecule has 72 valence electrons. The smallest absolute Gasteiger partial charge is 0.00721 e. The number of hydrogen-bond acceptors (Lipinski definition) is 1. The van der Waals surface area contributed by atoms with Gasteiger partial charge in [-0.3, -0.25) is 0 Å². The predicted molar refractivity (Wildman–Crippen MR) is 54.3 cm³/mol. The average Bonchev–Trinajstić information content (AvgIpc) is 2.00. The van der Waals surface area contributed by atoms with E-state index in [0.717, 1.165) is 12.0 Å². The fraction of sp³-hybridized carbons (Fsp3) is 1.00. The maximum Gasteiger partial charge on any atom is 0.00721 e. The van der Waals surface area contributed by atoms with Crippen molar-refractivity contribution in [3.05, 3.63) is 0 Å². The van der Waals surface area contributed by atoms with E-state index < -0.39 is 0 Å². The molecule has 0 unspecified atom stereocenters. The summed E-state index contributed by atoms with van der Waals surface area (Å²) in [4.78, 5) is 0. The molecule has 1 fully saturated rings. The van der Waals surface area contributed by atoms with Crippen molar-refractivity contribution >= 4 is 0 Å². The van der Waals surface area contributed by atoms with Crippen LogP contribution in [-0.4, -0.2) is 12.6 Å². The Morgan fingerprint density at radius 3 is 2.50 bits per heavy atom. The van der Waals surface area contributed by atoms with Crippen LogP contribution in [-0.2, 0) is 0 Å². The topological polar surface area (TPSA) is 12.0 Å². The van der Waals surface area contributed by atoms with Crippen molar-refractivity contribution < 1.29 is 0 Å². The van der Waals surface area contributed by atoms with Crippen molar-refractivity contribution in [2.45, 2.75) is 58.4 Å². The van der Waals surface area contributed by atoms with Crippen molar-refractivity contribution in [3.63, 3.8) is 0 Å². The molecule has 1 nitrogen and oxygen atoms in total. The second kappa shape index (κ2) is 5.58. The molecule has 1 N–H and O–H groups in total. The van der Waals surface area contributed by atoms with Gasteiger partial charge in [0.25, 0.3) is 0 Å². The van der Waals surface area contributed by atoms with Crippen molar-refractivity contribution in [1.29, 1.82) is 0 Å². The Labute approximate surface area is 76.9 Å². The number of hydrogen-bond donors (Lipinski definition) is 1. The maximum absolute atomic E-state index is 3.61. The Hall–Kier alpha value is -0.0400. The molecular formula is C11H23N. The molecule has 0 radical (unpaired) electrons. The van der Waals surface area contributed by atoms with Gasteiger partial charge in [-0.05, 0) is 31.7 Å². The largest absolute Gasteiger partial charge is 0.314 e. The standard InChI is InChI=1S/C11H23N/c1-3-4-5-6-7-12-11-8-10(2)9-11/h10-12H,3-9H2,1-2H3. The molecule has 0 aromatic rings.